The van der Waals surface area contributed by atoms with Crippen molar-refractivity contribution in [3.05, 3.63) is 12.2 Å². The van der Waals surface area contributed by atoms with Gasteiger partial charge in [-0.2, -0.15) is 0 Å². The summed E-state index contributed by atoms with van der Waals surface area (Å²) in [6, 6.07) is 0. The van der Waals surface area contributed by atoms with Crippen molar-refractivity contribution in [2.24, 2.45) is 10.9 Å². The molecule has 0 amide bonds. The Morgan fingerprint density at radius 3 is 2.56 bits per heavy atom. The Morgan fingerprint density at radius 2 is 2.11 bits per heavy atom. The Balaban J connectivity index is 3.37. The zero-order chi connectivity index (χ0) is 7.11. The lowest BCUT2D eigenvalue weighted by molar-refractivity contribution is 0.742. The quantitative estimate of drug-likeness (QED) is 0.405. The van der Waals surface area contributed by atoms with Crippen LogP contribution in [0.1, 0.15) is 20.8 Å². The normalized spacial score (nSPS) is 15.4. The maximum absolute atomic E-state index is 4.11. The highest BCUT2D eigenvalue weighted by atomic mass is 14.7. The van der Waals surface area contributed by atoms with Crippen molar-refractivity contribution in [2.75, 3.05) is 6.54 Å². The summed E-state index contributed by atoms with van der Waals surface area (Å²) >= 11 is 0. The van der Waals surface area contributed by atoms with E-state index in [1.807, 2.05) is 20.1 Å². The molecule has 0 spiro atoms. The lowest BCUT2D eigenvalue weighted by Crippen LogP contribution is -1.93. The summed E-state index contributed by atoms with van der Waals surface area (Å²) in [6.07, 6.45) is 6.07. The van der Waals surface area contributed by atoms with Crippen LogP contribution in [0.4, 0.5) is 0 Å². The van der Waals surface area contributed by atoms with E-state index in [1.54, 1.807) is 0 Å². The molecule has 0 heterocycles. The van der Waals surface area contributed by atoms with E-state index < -0.39 is 0 Å². The summed E-state index contributed by atoms with van der Waals surface area (Å²) < 4.78 is 0. The first kappa shape index (κ1) is 8.41. The SMILES string of the molecule is CC=NCC(C)/C=C\C. The van der Waals surface area contributed by atoms with Crippen LogP contribution in [0.2, 0.25) is 0 Å². The maximum Gasteiger partial charge on any atom is 0.0445 e. The number of rotatable bonds is 3. The maximum atomic E-state index is 4.11. The van der Waals surface area contributed by atoms with Crippen LogP contribution in [0.15, 0.2) is 17.1 Å². The van der Waals surface area contributed by atoms with E-state index in [2.05, 4.69) is 24.1 Å². The zero-order valence-electron chi connectivity index (χ0n) is 6.46. The third kappa shape index (κ3) is 5.28. The van der Waals surface area contributed by atoms with Crippen molar-refractivity contribution < 1.29 is 0 Å². The summed E-state index contributed by atoms with van der Waals surface area (Å²) in [6.45, 7) is 7.06. The fraction of sp³-hybridized carbons (Fsp3) is 0.625. The number of hydrogen-bond acceptors (Lipinski definition) is 1. The highest BCUT2D eigenvalue weighted by Gasteiger charge is 1.89. The molecule has 9 heavy (non-hydrogen) atoms. The minimum absolute atomic E-state index is 0.589. The molecular weight excluding hydrogens is 110 g/mol. The van der Waals surface area contributed by atoms with Gasteiger partial charge in [0.2, 0.25) is 0 Å². The molecule has 0 aliphatic heterocycles. The summed E-state index contributed by atoms with van der Waals surface area (Å²) in [4.78, 5) is 4.11. The third-order valence-corrected chi connectivity index (χ3v) is 1.10. The molecule has 0 aliphatic rings. The van der Waals surface area contributed by atoms with Crippen LogP contribution in [0.5, 0.6) is 0 Å². The van der Waals surface area contributed by atoms with Crippen molar-refractivity contribution in [1.29, 1.82) is 0 Å². The molecule has 1 nitrogen and oxygen atoms in total. The van der Waals surface area contributed by atoms with E-state index >= 15 is 0 Å². The molecule has 0 saturated carbocycles. The van der Waals surface area contributed by atoms with Gasteiger partial charge in [0, 0.05) is 6.54 Å². The smallest absolute Gasteiger partial charge is 0.0445 e. The number of allylic oxidation sites excluding steroid dienone is 1. The van der Waals surface area contributed by atoms with Gasteiger partial charge in [-0.1, -0.05) is 19.1 Å². The molecule has 1 atom stereocenters. The Bertz CT molecular complexity index is 103. The molecule has 0 rings (SSSR count). The molecule has 0 saturated heterocycles. The predicted molar refractivity (Wildman–Crippen MR) is 43.0 cm³/mol. The van der Waals surface area contributed by atoms with Crippen molar-refractivity contribution in [2.45, 2.75) is 20.8 Å². The molecule has 0 radical (unpaired) electrons. The van der Waals surface area contributed by atoms with Gasteiger partial charge >= 0.3 is 0 Å². The average Bonchev–Trinajstić information content (AvgIpc) is 1.85. The summed E-state index contributed by atoms with van der Waals surface area (Å²) in [5.74, 6) is 0.589. The number of nitrogens with zero attached hydrogens (tertiary/aromatic N) is 1. The van der Waals surface area contributed by atoms with Gasteiger partial charge in [0.15, 0.2) is 0 Å². The Hall–Kier alpha value is -0.590. The Morgan fingerprint density at radius 1 is 1.44 bits per heavy atom. The second kappa shape index (κ2) is 5.54. The molecule has 1 heteroatoms. The van der Waals surface area contributed by atoms with Gasteiger partial charge in [0.1, 0.15) is 0 Å². The standard InChI is InChI=1S/C8H15N/c1-4-6-8(3)7-9-5-2/h4-6,8H,7H2,1-3H3/b6-4-,9-5?. The van der Waals surface area contributed by atoms with E-state index in [0.29, 0.717) is 5.92 Å². The highest BCUT2D eigenvalue weighted by Crippen LogP contribution is 1.95. The summed E-state index contributed by atoms with van der Waals surface area (Å²) in [5, 5.41) is 0. The van der Waals surface area contributed by atoms with Gasteiger partial charge in [-0.25, -0.2) is 0 Å². The first-order valence-electron chi connectivity index (χ1n) is 3.38. The minimum atomic E-state index is 0.589. The van der Waals surface area contributed by atoms with Crippen LogP contribution in [0.3, 0.4) is 0 Å². The monoisotopic (exact) mass is 125 g/mol. The highest BCUT2D eigenvalue weighted by molar-refractivity contribution is 5.53. The summed E-state index contributed by atoms with van der Waals surface area (Å²) in [5.41, 5.74) is 0. The van der Waals surface area contributed by atoms with Crippen molar-refractivity contribution >= 4 is 6.21 Å². The first-order chi connectivity index (χ1) is 4.31. The fourth-order valence-electron chi connectivity index (χ4n) is 0.661. The molecule has 0 aromatic heterocycles. The molecule has 1 unspecified atom stereocenters. The van der Waals surface area contributed by atoms with Crippen LogP contribution in [-0.4, -0.2) is 12.8 Å². The molecule has 0 fully saturated rings. The molecule has 0 bridgehead atoms. The third-order valence-electron chi connectivity index (χ3n) is 1.10. The van der Waals surface area contributed by atoms with E-state index in [4.69, 9.17) is 0 Å². The lowest BCUT2D eigenvalue weighted by Gasteiger charge is -1.97. The molecule has 0 N–H and O–H groups in total. The molecular formula is C8H15N. The van der Waals surface area contributed by atoms with E-state index in [0.717, 1.165) is 6.54 Å². The topological polar surface area (TPSA) is 12.4 Å². The van der Waals surface area contributed by atoms with Gasteiger partial charge < -0.3 is 0 Å². The van der Waals surface area contributed by atoms with E-state index in [9.17, 15) is 0 Å². The van der Waals surface area contributed by atoms with Gasteiger partial charge in [-0.05, 0) is 26.0 Å². The molecule has 0 aliphatic carbocycles. The van der Waals surface area contributed by atoms with Crippen LogP contribution in [0.25, 0.3) is 0 Å². The van der Waals surface area contributed by atoms with Gasteiger partial charge in [-0.15, -0.1) is 0 Å². The average molecular weight is 125 g/mol. The van der Waals surface area contributed by atoms with Gasteiger partial charge in [0.25, 0.3) is 0 Å². The van der Waals surface area contributed by atoms with Crippen LogP contribution in [-0.2, 0) is 0 Å². The minimum Gasteiger partial charge on any atom is -0.297 e. The fourth-order valence-corrected chi connectivity index (χ4v) is 0.661. The van der Waals surface area contributed by atoms with E-state index in [1.165, 1.54) is 0 Å². The van der Waals surface area contributed by atoms with Crippen LogP contribution < -0.4 is 0 Å². The van der Waals surface area contributed by atoms with Crippen molar-refractivity contribution in [1.82, 2.24) is 0 Å². The predicted octanol–water partition coefficient (Wildman–Crippen LogP) is 2.29. The first-order valence-corrected chi connectivity index (χ1v) is 3.38. The Kier molecular flexibility index (Phi) is 5.18. The summed E-state index contributed by atoms with van der Waals surface area (Å²) in [7, 11) is 0. The van der Waals surface area contributed by atoms with E-state index in [-0.39, 0.29) is 0 Å². The van der Waals surface area contributed by atoms with Gasteiger partial charge in [-0.3, -0.25) is 4.99 Å². The second-order valence-corrected chi connectivity index (χ2v) is 2.13. The van der Waals surface area contributed by atoms with Crippen molar-refractivity contribution in [3.8, 4) is 0 Å². The number of aliphatic imine (C=N–C) groups is 1. The lowest BCUT2D eigenvalue weighted by atomic mass is 10.2. The molecule has 0 aromatic rings. The van der Waals surface area contributed by atoms with Crippen LogP contribution in [0, 0.1) is 5.92 Å². The largest absolute Gasteiger partial charge is 0.297 e. The van der Waals surface area contributed by atoms with Gasteiger partial charge in [0.05, 0.1) is 0 Å². The second-order valence-electron chi connectivity index (χ2n) is 2.13. The number of hydrogen-bond donors (Lipinski definition) is 0. The Labute approximate surface area is 57.5 Å². The molecule has 52 valence electrons. The zero-order valence-corrected chi connectivity index (χ0v) is 6.46. The molecule has 0 aromatic carbocycles. The van der Waals surface area contributed by atoms with Crippen molar-refractivity contribution in [3.63, 3.8) is 0 Å². The van der Waals surface area contributed by atoms with Crippen LogP contribution >= 0.6 is 0 Å².